The molecule has 0 aromatic carbocycles. The molecule has 0 saturated heterocycles. The van der Waals surface area contributed by atoms with Gasteiger partial charge in [-0.05, 0) is 39.0 Å². The van der Waals surface area contributed by atoms with Crippen molar-refractivity contribution in [2.24, 2.45) is 0 Å². The molecule has 1 aromatic heterocycles. The Morgan fingerprint density at radius 1 is 1.62 bits per heavy atom. The lowest BCUT2D eigenvalue weighted by Gasteiger charge is -2.25. The Labute approximate surface area is 102 Å². The zero-order chi connectivity index (χ0) is 11.7. The fourth-order valence-electron chi connectivity index (χ4n) is 2.04. The van der Waals surface area contributed by atoms with Crippen LogP contribution in [0.15, 0.2) is 0 Å². The van der Waals surface area contributed by atoms with E-state index in [4.69, 9.17) is 12.2 Å². The van der Waals surface area contributed by atoms with Crippen LogP contribution in [-0.4, -0.2) is 38.8 Å². The first-order chi connectivity index (χ1) is 7.63. The SMILES string of the molecule is CCc1n[nH]c(=S)n1CC(C)N(C)C1CC1. The molecule has 1 N–H and O–H groups in total. The largest absolute Gasteiger partial charge is 0.303 e. The number of hydrogen-bond donors (Lipinski definition) is 1. The van der Waals surface area contributed by atoms with Crippen molar-refractivity contribution < 1.29 is 0 Å². The number of aromatic nitrogens is 3. The zero-order valence-corrected chi connectivity index (χ0v) is 11.0. The number of rotatable bonds is 5. The van der Waals surface area contributed by atoms with Crippen LogP contribution in [0.4, 0.5) is 0 Å². The summed E-state index contributed by atoms with van der Waals surface area (Å²) in [7, 11) is 2.21. The summed E-state index contributed by atoms with van der Waals surface area (Å²) in [6.45, 7) is 5.30. The van der Waals surface area contributed by atoms with E-state index in [0.29, 0.717) is 6.04 Å². The van der Waals surface area contributed by atoms with E-state index in [0.717, 1.165) is 29.6 Å². The van der Waals surface area contributed by atoms with Crippen molar-refractivity contribution in [1.29, 1.82) is 0 Å². The molecule has 2 rings (SSSR count). The molecule has 1 unspecified atom stereocenters. The first-order valence-corrected chi connectivity index (χ1v) is 6.40. The normalized spacial score (nSPS) is 18.0. The molecule has 0 aliphatic heterocycles. The van der Waals surface area contributed by atoms with Crippen molar-refractivity contribution in [3.05, 3.63) is 10.6 Å². The molecule has 1 aliphatic carbocycles. The smallest absolute Gasteiger partial charge is 0.195 e. The Kier molecular flexibility index (Phi) is 3.44. The third-order valence-corrected chi connectivity index (χ3v) is 3.73. The minimum absolute atomic E-state index is 0.516. The van der Waals surface area contributed by atoms with Gasteiger partial charge in [0.15, 0.2) is 4.77 Å². The van der Waals surface area contributed by atoms with Gasteiger partial charge in [-0.15, -0.1) is 0 Å². The molecular formula is C11H20N4S. The van der Waals surface area contributed by atoms with Gasteiger partial charge in [-0.1, -0.05) is 6.92 Å². The quantitative estimate of drug-likeness (QED) is 0.800. The predicted octanol–water partition coefficient (Wildman–Crippen LogP) is 1.99. The third-order valence-electron chi connectivity index (χ3n) is 3.42. The Morgan fingerprint density at radius 3 is 2.88 bits per heavy atom. The van der Waals surface area contributed by atoms with Crippen LogP contribution in [-0.2, 0) is 13.0 Å². The van der Waals surface area contributed by atoms with Crippen LogP contribution in [0.1, 0.15) is 32.5 Å². The van der Waals surface area contributed by atoms with E-state index in [1.807, 2.05) is 0 Å². The van der Waals surface area contributed by atoms with Gasteiger partial charge in [0.05, 0.1) is 0 Å². The molecule has 4 nitrogen and oxygen atoms in total. The average molecular weight is 240 g/mol. The summed E-state index contributed by atoms with van der Waals surface area (Å²) in [5.74, 6) is 1.06. The maximum atomic E-state index is 5.25. The highest BCUT2D eigenvalue weighted by Crippen LogP contribution is 2.27. The summed E-state index contributed by atoms with van der Waals surface area (Å²) in [6, 6.07) is 1.31. The number of H-pyrrole nitrogens is 1. The van der Waals surface area contributed by atoms with Crippen LogP contribution in [0.5, 0.6) is 0 Å². The van der Waals surface area contributed by atoms with E-state index >= 15 is 0 Å². The molecule has 0 radical (unpaired) electrons. The summed E-state index contributed by atoms with van der Waals surface area (Å²) >= 11 is 5.25. The molecule has 1 saturated carbocycles. The van der Waals surface area contributed by atoms with Crippen LogP contribution in [0.25, 0.3) is 0 Å². The fraction of sp³-hybridized carbons (Fsp3) is 0.818. The van der Waals surface area contributed by atoms with Gasteiger partial charge in [0.1, 0.15) is 5.82 Å². The van der Waals surface area contributed by atoms with Gasteiger partial charge in [-0.25, -0.2) is 0 Å². The molecule has 1 aromatic rings. The van der Waals surface area contributed by atoms with Crippen molar-refractivity contribution >= 4 is 12.2 Å². The van der Waals surface area contributed by atoms with Crippen LogP contribution in [0.2, 0.25) is 0 Å². The highest BCUT2D eigenvalue weighted by Gasteiger charge is 2.29. The second-order valence-corrected chi connectivity index (χ2v) is 5.04. The third kappa shape index (κ3) is 2.35. The van der Waals surface area contributed by atoms with Crippen molar-refractivity contribution in [2.75, 3.05) is 7.05 Å². The second kappa shape index (κ2) is 4.67. The van der Waals surface area contributed by atoms with Gasteiger partial charge >= 0.3 is 0 Å². The maximum Gasteiger partial charge on any atom is 0.195 e. The van der Waals surface area contributed by atoms with Crippen molar-refractivity contribution in [1.82, 2.24) is 19.7 Å². The number of aromatic amines is 1. The van der Waals surface area contributed by atoms with E-state index < -0.39 is 0 Å². The fourth-order valence-corrected chi connectivity index (χ4v) is 2.27. The number of nitrogens with zero attached hydrogens (tertiary/aromatic N) is 3. The summed E-state index contributed by atoms with van der Waals surface area (Å²) in [5.41, 5.74) is 0. The highest BCUT2D eigenvalue weighted by atomic mass is 32.1. The molecule has 90 valence electrons. The first kappa shape index (κ1) is 11.8. The Balaban J connectivity index is 2.07. The Hall–Kier alpha value is -0.680. The van der Waals surface area contributed by atoms with Crippen LogP contribution >= 0.6 is 12.2 Å². The Bertz CT molecular complexity index is 404. The predicted molar refractivity (Wildman–Crippen MR) is 67.0 cm³/mol. The van der Waals surface area contributed by atoms with Gasteiger partial charge in [0.25, 0.3) is 0 Å². The lowest BCUT2D eigenvalue weighted by atomic mass is 10.3. The zero-order valence-electron chi connectivity index (χ0n) is 10.2. The number of aryl methyl sites for hydroxylation is 1. The summed E-state index contributed by atoms with van der Waals surface area (Å²) < 4.78 is 2.87. The van der Waals surface area contributed by atoms with E-state index in [1.54, 1.807) is 0 Å². The van der Waals surface area contributed by atoms with Crippen molar-refractivity contribution in [3.8, 4) is 0 Å². The molecule has 5 heteroatoms. The number of likely N-dealkylation sites (N-methyl/N-ethyl adjacent to an activating group) is 1. The topological polar surface area (TPSA) is 36.9 Å². The van der Waals surface area contributed by atoms with E-state index in [9.17, 15) is 0 Å². The lowest BCUT2D eigenvalue weighted by Crippen LogP contribution is -2.34. The van der Waals surface area contributed by atoms with Gasteiger partial charge in [0.2, 0.25) is 0 Å². The van der Waals surface area contributed by atoms with Crippen LogP contribution < -0.4 is 0 Å². The summed E-state index contributed by atoms with van der Waals surface area (Å²) in [4.78, 5) is 2.45. The highest BCUT2D eigenvalue weighted by molar-refractivity contribution is 7.71. The molecule has 1 atom stereocenters. The van der Waals surface area contributed by atoms with Gasteiger partial charge in [-0.3, -0.25) is 10.00 Å². The van der Waals surface area contributed by atoms with Crippen LogP contribution in [0.3, 0.4) is 0 Å². The van der Waals surface area contributed by atoms with E-state index in [-0.39, 0.29) is 0 Å². The molecule has 0 bridgehead atoms. The van der Waals surface area contributed by atoms with Crippen LogP contribution in [0, 0.1) is 4.77 Å². The van der Waals surface area contributed by atoms with Gasteiger partial charge in [0, 0.05) is 25.0 Å². The Morgan fingerprint density at radius 2 is 2.31 bits per heavy atom. The first-order valence-electron chi connectivity index (χ1n) is 5.99. The lowest BCUT2D eigenvalue weighted by molar-refractivity contribution is 0.223. The molecular weight excluding hydrogens is 220 g/mol. The summed E-state index contributed by atoms with van der Waals surface area (Å²) in [6.07, 6.45) is 3.61. The molecule has 1 heterocycles. The summed E-state index contributed by atoms with van der Waals surface area (Å²) in [5, 5.41) is 7.11. The maximum absolute atomic E-state index is 5.25. The van der Waals surface area contributed by atoms with Gasteiger partial charge < -0.3 is 4.57 Å². The molecule has 0 amide bonds. The van der Waals surface area contributed by atoms with Crippen molar-refractivity contribution in [2.45, 2.75) is 51.7 Å². The molecule has 1 aliphatic rings. The van der Waals surface area contributed by atoms with E-state index in [1.165, 1.54) is 12.8 Å². The molecule has 0 spiro atoms. The number of nitrogens with one attached hydrogen (secondary N) is 1. The molecule has 1 fully saturated rings. The standard InChI is InChI=1S/C11H20N4S/c1-4-10-12-13-11(16)15(10)7-8(2)14(3)9-5-6-9/h8-9H,4-7H2,1-3H3,(H,13,16). The molecule has 16 heavy (non-hydrogen) atoms. The van der Waals surface area contributed by atoms with E-state index in [2.05, 4.69) is 40.6 Å². The minimum atomic E-state index is 0.516. The monoisotopic (exact) mass is 240 g/mol. The second-order valence-electron chi connectivity index (χ2n) is 4.65. The number of hydrogen-bond acceptors (Lipinski definition) is 3. The minimum Gasteiger partial charge on any atom is -0.303 e. The van der Waals surface area contributed by atoms with Gasteiger partial charge in [-0.2, -0.15) is 5.10 Å². The average Bonchev–Trinajstić information content (AvgIpc) is 3.05. The van der Waals surface area contributed by atoms with Crippen molar-refractivity contribution in [3.63, 3.8) is 0 Å².